The van der Waals surface area contributed by atoms with Gasteiger partial charge in [-0.25, -0.2) is 4.79 Å². The van der Waals surface area contributed by atoms with Crippen LogP contribution in [0.15, 0.2) is 63.8 Å². The summed E-state index contributed by atoms with van der Waals surface area (Å²) in [7, 11) is 0. The highest BCUT2D eigenvalue weighted by Gasteiger charge is 2.25. The molecule has 1 unspecified atom stereocenters. The first-order chi connectivity index (χ1) is 13.4. The second-order valence-electron chi connectivity index (χ2n) is 6.20. The van der Waals surface area contributed by atoms with Crippen LogP contribution in [0.5, 0.6) is 11.5 Å². The molecule has 0 aliphatic heterocycles. The van der Waals surface area contributed by atoms with Crippen LogP contribution in [0.1, 0.15) is 24.4 Å². The van der Waals surface area contributed by atoms with Crippen molar-refractivity contribution in [3.05, 3.63) is 70.6 Å². The Morgan fingerprint density at radius 2 is 1.89 bits per heavy atom. The third kappa shape index (κ3) is 4.50. The van der Waals surface area contributed by atoms with Gasteiger partial charge in [0.1, 0.15) is 22.5 Å². The van der Waals surface area contributed by atoms with E-state index in [1.807, 2.05) is 6.07 Å². The molecule has 1 heterocycles. The minimum Gasteiger partial charge on any atom is -0.486 e. The van der Waals surface area contributed by atoms with E-state index in [9.17, 15) is 14.7 Å². The molecule has 146 valence electrons. The number of hydrogen-bond acceptors (Lipinski definition) is 7. The number of carbonyl (C=O) groups is 1. The Bertz CT molecular complexity index is 1020. The van der Waals surface area contributed by atoms with Crippen molar-refractivity contribution in [3.63, 3.8) is 0 Å². The highest BCUT2D eigenvalue weighted by atomic mass is 16.6. The first-order valence-corrected chi connectivity index (χ1v) is 8.73. The predicted octanol–water partition coefficient (Wildman–Crippen LogP) is 3.14. The van der Waals surface area contributed by atoms with E-state index in [1.165, 1.54) is 6.92 Å². The minimum absolute atomic E-state index is 0.158. The van der Waals surface area contributed by atoms with Crippen molar-refractivity contribution >= 4 is 16.9 Å². The summed E-state index contributed by atoms with van der Waals surface area (Å²) in [6.07, 6.45) is 0. The Balaban J connectivity index is 1.83. The van der Waals surface area contributed by atoms with Crippen molar-refractivity contribution in [2.75, 3.05) is 13.2 Å². The topological polar surface area (TPSA) is 95.2 Å². The van der Waals surface area contributed by atoms with Crippen LogP contribution in [0, 0.1) is 0 Å². The van der Waals surface area contributed by atoms with E-state index in [2.05, 4.69) is 0 Å². The van der Waals surface area contributed by atoms with Gasteiger partial charge in [0.25, 0.3) is 0 Å². The third-order valence-electron chi connectivity index (χ3n) is 3.77. The summed E-state index contributed by atoms with van der Waals surface area (Å²) in [5.74, 6) is -1.84. The van der Waals surface area contributed by atoms with Crippen LogP contribution < -0.4 is 14.9 Å². The molecule has 0 spiro atoms. The zero-order valence-electron chi connectivity index (χ0n) is 15.5. The fourth-order valence-electron chi connectivity index (χ4n) is 2.58. The van der Waals surface area contributed by atoms with Crippen molar-refractivity contribution in [2.45, 2.75) is 19.6 Å². The molecule has 0 fully saturated rings. The second-order valence-corrected chi connectivity index (χ2v) is 6.20. The van der Waals surface area contributed by atoms with Gasteiger partial charge in [0.05, 0.1) is 6.61 Å². The Morgan fingerprint density at radius 1 is 1.14 bits per heavy atom. The van der Waals surface area contributed by atoms with E-state index in [4.69, 9.17) is 18.6 Å². The molecule has 7 heteroatoms. The van der Waals surface area contributed by atoms with Crippen LogP contribution in [-0.2, 0) is 4.74 Å². The standard InChI is InChI=1S/C21H20O7/c1-3-25-20(23)18-12-15(22)19-16(10-7-11-17(19)27-18)26-13-21(2,24)28-14-8-5-4-6-9-14/h4-12,24H,3,13H2,1-2H3. The van der Waals surface area contributed by atoms with Gasteiger partial charge in [0.2, 0.25) is 11.5 Å². The number of aliphatic hydroxyl groups is 1. The van der Waals surface area contributed by atoms with E-state index in [-0.39, 0.29) is 35.7 Å². The average molecular weight is 384 g/mol. The number of esters is 1. The molecule has 0 bridgehead atoms. The van der Waals surface area contributed by atoms with Crippen LogP contribution in [-0.4, -0.2) is 30.1 Å². The highest BCUT2D eigenvalue weighted by molar-refractivity contribution is 5.90. The van der Waals surface area contributed by atoms with Gasteiger partial charge in [0.15, 0.2) is 12.0 Å². The molecule has 0 aliphatic carbocycles. The van der Waals surface area contributed by atoms with E-state index in [1.54, 1.807) is 49.4 Å². The van der Waals surface area contributed by atoms with Gasteiger partial charge in [-0.15, -0.1) is 0 Å². The quantitative estimate of drug-likeness (QED) is 0.494. The van der Waals surface area contributed by atoms with Crippen LogP contribution in [0.2, 0.25) is 0 Å². The van der Waals surface area contributed by atoms with Crippen LogP contribution >= 0.6 is 0 Å². The molecular formula is C21H20O7. The van der Waals surface area contributed by atoms with Crippen LogP contribution in [0.3, 0.4) is 0 Å². The molecule has 1 aromatic heterocycles. The minimum atomic E-state index is -1.63. The molecule has 3 rings (SSSR count). The van der Waals surface area contributed by atoms with E-state index in [0.717, 1.165) is 6.07 Å². The molecule has 0 saturated heterocycles. The summed E-state index contributed by atoms with van der Waals surface area (Å²) in [4.78, 5) is 24.3. The molecule has 1 atom stereocenters. The van der Waals surface area contributed by atoms with E-state index < -0.39 is 17.2 Å². The maximum atomic E-state index is 12.5. The first-order valence-electron chi connectivity index (χ1n) is 8.73. The smallest absolute Gasteiger partial charge is 0.374 e. The third-order valence-corrected chi connectivity index (χ3v) is 3.77. The monoisotopic (exact) mass is 384 g/mol. The molecule has 28 heavy (non-hydrogen) atoms. The molecule has 1 N–H and O–H groups in total. The maximum absolute atomic E-state index is 12.5. The molecule has 0 amide bonds. The fraction of sp³-hybridized carbons (Fsp3) is 0.238. The van der Waals surface area contributed by atoms with Crippen molar-refractivity contribution < 1.29 is 28.5 Å². The SMILES string of the molecule is CCOC(=O)c1cc(=O)c2c(OCC(C)(O)Oc3ccccc3)cccc2o1. The molecule has 3 aromatic rings. The number of benzene rings is 2. The lowest BCUT2D eigenvalue weighted by Gasteiger charge is -2.25. The summed E-state index contributed by atoms with van der Waals surface area (Å²) in [5, 5.41) is 10.6. The van der Waals surface area contributed by atoms with E-state index >= 15 is 0 Å². The lowest BCUT2D eigenvalue weighted by atomic mass is 10.2. The lowest BCUT2D eigenvalue weighted by molar-refractivity contribution is -0.144. The van der Waals surface area contributed by atoms with Gasteiger partial charge in [-0.3, -0.25) is 4.79 Å². The number of carbonyl (C=O) groups excluding carboxylic acids is 1. The highest BCUT2D eigenvalue weighted by Crippen LogP contribution is 2.25. The van der Waals surface area contributed by atoms with Gasteiger partial charge < -0.3 is 23.7 Å². The van der Waals surface area contributed by atoms with Gasteiger partial charge in [-0.2, -0.15) is 0 Å². The number of fused-ring (bicyclic) bond motifs is 1. The first kappa shape index (κ1) is 19.4. The predicted molar refractivity (Wildman–Crippen MR) is 102 cm³/mol. The summed E-state index contributed by atoms with van der Waals surface area (Å²) in [6, 6.07) is 14.6. The van der Waals surface area contributed by atoms with Crippen LogP contribution in [0.25, 0.3) is 11.0 Å². The van der Waals surface area contributed by atoms with Gasteiger partial charge in [-0.05, 0) is 31.2 Å². The molecule has 0 radical (unpaired) electrons. The Labute approximate surface area is 161 Å². The second kappa shape index (κ2) is 8.14. The van der Waals surface area contributed by atoms with Crippen molar-refractivity contribution in [2.24, 2.45) is 0 Å². The zero-order valence-corrected chi connectivity index (χ0v) is 15.5. The van der Waals surface area contributed by atoms with Gasteiger partial charge >= 0.3 is 5.97 Å². The Hall–Kier alpha value is -3.32. The molecule has 0 aliphatic rings. The summed E-state index contributed by atoms with van der Waals surface area (Å²) < 4.78 is 21.5. The molecule has 7 nitrogen and oxygen atoms in total. The number of ether oxygens (including phenoxy) is 3. The van der Waals surface area contributed by atoms with Crippen molar-refractivity contribution in [3.8, 4) is 11.5 Å². The number of para-hydroxylation sites is 1. The fourth-order valence-corrected chi connectivity index (χ4v) is 2.58. The van der Waals surface area contributed by atoms with Crippen molar-refractivity contribution in [1.29, 1.82) is 0 Å². The molecule has 2 aromatic carbocycles. The average Bonchev–Trinajstić information content (AvgIpc) is 2.67. The van der Waals surface area contributed by atoms with E-state index in [0.29, 0.717) is 5.75 Å². The number of hydrogen-bond donors (Lipinski definition) is 1. The zero-order chi connectivity index (χ0) is 20.1. The maximum Gasteiger partial charge on any atom is 0.374 e. The summed E-state index contributed by atoms with van der Waals surface area (Å²) in [6.45, 7) is 3.04. The largest absolute Gasteiger partial charge is 0.486 e. The summed E-state index contributed by atoms with van der Waals surface area (Å²) in [5.41, 5.74) is -0.278. The summed E-state index contributed by atoms with van der Waals surface area (Å²) >= 11 is 0. The Morgan fingerprint density at radius 3 is 2.61 bits per heavy atom. The van der Waals surface area contributed by atoms with Gasteiger partial charge in [0, 0.05) is 13.0 Å². The lowest BCUT2D eigenvalue weighted by Crippen LogP contribution is -2.38. The normalized spacial score (nSPS) is 13.0. The van der Waals surface area contributed by atoms with Crippen molar-refractivity contribution in [1.82, 2.24) is 0 Å². The molecular weight excluding hydrogens is 364 g/mol. The molecule has 0 saturated carbocycles. The van der Waals surface area contributed by atoms with Crippen LogP contribution in [0.4, 0.5) is 0 Å². The Kier molecular flexibility index (Phi) is 5.65. The number of rotatable bonds is 7. The van der Waals surface area contributed by atoms with Gasteiger partial charge in [-0.1, -0.05) is 24.3 Å².